The maximum atomic E-state index is 10.4. The maximum Gasteiger partial charge on any atom is 1.00 e. The summed E-state index contributed by atoms with van der Waals surface area (Å²) >= 11 is -2.86. The quantitative estimate of drug-likeness (QED) is 0.381. The van der Waals surface area contributed by atoms with E-state index in [9.17, 15) is 4.79 Å². The van der Waals surface area contributed by atoms with Gasteiger partial charge in [0.1, 0.15) is 0 Å². The molecular formula is C6H7N2NaO4S. The van der Waals surface area contributed by atoms with Gasteiger partial charge in [-0.2, -0.15) is 0 Å². The average molecular weight is 226 g/mol. The number of amides is 1. The summed E-state index contributed by atoms with van der Waals surface area (Å²) in [5.74, 6) is -0.442. The van der Waals surface area contributed by atoms with E-state index in [1.165, 1.54) is 6.20 Å². The molecule has 1 aromatic heterocycles. The Kier molecular flexibility index (Phi) is 10.7. The SMILES string of the molecule is NC(=O)c1cccnc1.O=S([O-])O.[Na+]. The molecule has 6 nitrogen and oxygen atoms in total. The largest absolute Gasteiger partial charge is 1.00 e. The molecule has 0 saturated carbocycles. The third kappa shape index (κ3) is 9.78. The zero-order valence-electron chi connectivity index (χ0n) is 7.41. The first-order chi connectivity index (χ1) is 6.04. The molecule has 0 spiro atoms. The molecule has 0 bridgehead atoms. The number of rotatable bonds is 1. The van der Waals surface area contributed by atoms with Gasteiger partial charge in [-0.05, 0) is 12.1 Å². The van der Waals surface area contributed by atoms with Gasteiger partial charge in [-0.25, -0.2) is 4.21 Å². The van der Waals surface area contributed by atoms with E-state index in [0.717, 1.165) is 0 Å². The Bertz CT molecular complexity index is 291. The number of carbonyl (C=O) groups is 1. The van der Waals surface area contributed by atoms with Crippen molar-refractivity contribution in [3.63, 3.8) is 0 Å². The Morgan fingerprint density at radius 2 is 2.14 bits per heavy atom. The summed E-state index contributed by atoms with van der Waals surface area (Å²) in [4.78, 5) is 14.1. The third-order valence-corrected chi connectivity index (χ3v) is 0.946. The van der Waals surface area contributed by atoms with Crippen LogP contribution in [0.1, 0.15) is 10.4 Å². The summed E-state index contributed by atoms with van der Waals surface area (Å²) in [5, 5.41) is 0. The molecule has 14 heavy (non-hydrogen) atoms. The molecule has 1 rings (SSSR count). The van der Waals surface area contributed by atoms with Crippen molar-refractivity contribution in [2.75, 3.05) is 0 Å². The molecule has 3 N–H and O–H groups in total. The smallest absolute Gasteiger partial charge is 0.750 e. The van der Waals surface area contributed by atoms with Crippen molar-refractivity contribution in [3.8, 4) is 0 Å². The number of primary amides is 1. The van der Waals surface area contributed by atoms with E-state index in [2.05, 4.69) is 4.98 Å². The standard InChI is InChI=1S/C6H6N2O.Na.H2O3S/c7-6(9)5-2-1-3-8-4-5;;1-4(2)3/h1-4H,(H2,7,9);;(H2,1,2,3)/q;+1;/p-1. The van der Waals surface area contributed by atoms with Gasteiger partial charge < -0.3 is 14.8 Å². The fourth-order valence-electron chi connectivity index (χ4n) is 0.509. The molecule has 1 atom stereocenters. The number of carbonyl (C=O) groups excluding carboxylic acids is 1. The first-order valence-corrected chi connectivity index (χ1v) is 4.05. The van der Waals surface area contributed by atoms with Crippen LogP contribution in [0, 0.1) is 0 Å². The summed E-state index contributed by atoms with van der Waals surface area (Å²) in [6.45, 7) is 0. The van der Waals surface area contributed by atoms with Gasteiger partial charge in [-0.3, -0.25) is 9.78 Å². The van der Waals surface area contributed by atoms with Crippen LogP contribution in [0.15, 0.2) is 24.5 Å². The fraction of sp³-hybridized carbons (Fsp3) is 0. The Labute approximate surface area is 105 Å². The van der Waals surface area contributed by atoms with Crippen molar-refractivity contribution >= 4 is 17.3 Å². The molecule has 0 saturated heterocycles. The van der Waals surface area contributed by atoms with Crippen LogP contribution in [0.2, 0.25) is 0 Å². The van der Waals surface area contributed by atoms with Crippen molar-refractivity contribution in [2.24, 2.45) is 5.73 Å². The Hall–Kier alpha value is -0.310. The number of aromatic nitrogens is 1. The number of nitrogens with zero attached hydrogens (tertiary/aromatic N) is 1. The molecule has 8 heteroatoms. The number of pyridine rings is 1. The second-order valence-corrected chi connectivity index (χ2v) is 2.26. The second kappa shape index (κ2) is 9.25. The van der Waals surface area contributed by atoms with Crippen LogP contribution in [-0.4, -0.2) is 24.2 Å². The predicted octanol–water partition coefficient (Wildman–Crippen LogP) is -3.48. The van der Waals surface area contributed by atoms with Gasteiger partial charge in [-0.15, -0.1) is 0 Å². The first-order valence-electron chi connectivity index (χ1n) is 3.02. The summed E-state index contributed by atoms with van der Waals surface area (Å²) in [7, 11) is 0. The average Bonchev–Trinajstić information content (AvgIpc) is 2.05. The van der Waals surface area contributed by atoms with Crippen LogP contribution < -0.4 is 35.3 Å². The monoisotopic (exact) mass is 226 g/mol. The van der Waals surface area contributed by atoms with Gasteiger partial charge >= 0.3 is 29.6 Å². The van der Waals surface area contributed by atoms with Gasteiger partial charge in [0.15, 0.2) is 0 Å². The molecule has 72 valence electrons. The molecule has 0 radical (unpaired) electrons. The minimum absolute atomic E-state index is 0. The molecule has 0 aliphatic rings. The molecule has 0 aromatic carbocycles. The molecule has 1 unspecified atom stereocenters. The summed E-state index contributed by atoms with van der Waals surface area (Å²) in [6.07, 6.45) is 3.02. The van der Waals surface area contributed by atoms with E-state index in [-0.39, 0.29) is 29.6 Å². The summed E-state index contributed by atoms with van der Waals surface area (Å²) < 4.78 is 24.1. The zero-order valence-corrected chi connectivity index (χ0v) is 10.2. The van der Waals surface area contributed by atoms with E-state index in [1.807, 2.05) is 0 Å². The van der Waals surface area contributed by atoms with Crippen LogP contribution in [0.5, 0.6) is 0 Å². The van der Waals surface area contributed by atoms with Crippen molar-refractivity contribution in [3.05, 3.63) is 30.1 Å². The Morgan fingerprint density at radius 1 is 1.64 bits per heavy atom. The van der Waals surface area contributed by atoms with E-state index in [1.54, 1.807) is 18.3 Å². The summed E-state index contributed by atoms with van der Waals surface area (Å²) in [5.41, 5.74) is 5.38. The van der Waals surface area contributed by atoms with Gasteiger partial charge in [0.05, 0.1) is 16.9 Å². The molecule has 0 aliphatic heterocycles. The van der Waals surface area contributed by atoms with Crippen LogP contribution in [0.25, 0.3) is 0 Å². The molecule has 0 fully saturated rings. The fourth-order valence-corrected chi connectivity index (χ4v) is 0.509. The van der Waals surface area contributed by atoms with Crippen LogP contribution >= 0.6 is 0 Å². The normalized spacial score (nSPS) is 10.1. The number of nitrogens with two attached hydrogens (primary N) is 1. The van der Waals surface area contributed by atoms with E-state index in [0.29, 0.717) is 5.56 Å². The van der Waals surface area contributed by atoms with Gasteiger partial charge in [-0.1, -0.05) is 0 Å². The van der Waals surface area contributed by atoms with E-state index < -0.39 is 17.3 Å². The topological polar surface area (TPSA) is 116 Å². The Morgan fingerprint density at radius 3 is 2.36 bits per heavy atom. The van der Waals surface area contributed by atoms with Crippen molar-refractivity contribution in [1.29, 1.82) is 0 Å². The van der Waals surface area contributed by atoms with Gasteiger partial charge in [0.2, 0.25) is 5.91 Å². The number of hydrogen-bond acceptors (Lipinski definition) is 4. The summed E-state index contributed by atoms with van der Waals surface area (Å²) in [6, 6.07) is 3.29. The van der Waals surface area contributed by atoms with Gasteiger partial charge in [0.25, 0.3) is 0 Å². The van der Waals surface area contributed by atoms with E-state index >= 15 is 0 Å². The van der Waals surface area contributed by atoms with Crippen LogP contribution in [-0.2, 0) is 11.4 Å². The molecule has 1 heterocycles. The molecule has 1 aromatic rings. The van der Waals surface area contributed by atoms with Gasteiger partial charge in [0, 0.05) is 12.4 Å². The molecule has 0 aliphatic carbocycles. The minimum Gasteiger partial charge on any atom is -0.750 e. The maximum absolute atomic E-state index is 10.4. The third-order valence-electron chi connectivity index (χ3n) is 0.946. The number of hydrogen-bond donors (Lipinski definition) is 2. The molecular weight excluding hydrogens is 219 g/mol. The second-order valence-electron chi connectivity index (χ2n) is 1.82. The van der Waals surface area contributed by atoms with Crippen molar-refractivity contribution in [2.45, 2.75) is 0 Å². The zero-order chi connectivity index (χ0) is 10.3. The van der Waals surface area contributed by atoms with E-state index in [4.69, 9.17) is 19.0 Å². The molecule has 1 amide bonds. The Balaban J connectivity index is 0. The van der Waals surface area contributed by atoms with Crippen molar-refractivity contribution in [1.82, 2.24) is 4.98 Å². The predicted molar refractivity (Wildman–Crippen MR) is 44.3 cm³/mol. The first kappa shape index (κ1) is 16.1. The van der Waals surface area contributed by atoms with Crippen LogP contribution in [0.4, 0.5) is 0 Å². The van der Waals surface area contributed by atoms with Crippen LogP contribution in [0.3, 0.4) is 0 Å². The van der Waals surface area contributed by atoms with Crippen molar-refractivity contribution < 1.29 is 47.7 Å². The minimum atomic E-state index is -2.86.